The zero-order valence-corrected chi connectivity index (χ0v) is 7.73. The van der Waals surface area contributed by atoms with Gasteiger partial charge in [-0.05, 0) is 0 Å². The second-order valence-electron chi connectivity index (χ2n) is 2.37. The summed E-state index contributed by atoms with van der Waals surface area (Å²) < 4.78 is 0. The van der Waals surface area contributed by atoms with Crippen molar-refractivity contribution in [2.45, 2.75) is 0 Å². The number of rotatable bonds is 0. The summed E-state index contributed by atoms with van der Waals surface area (Å²) in [5.41, 5.74) is 5.19. The lowest BCUT2D eigenvalue weighted by molar-refractivity contribution is 0.534. The lowest BCUT2D eigenvalue weighted by atomic mass is 10.4. The van der Waals surface area contributed by atoms with Gasteiger partial charge in [-0.15, -0.1) is 11.3 Å². The number of anilines is 1. The summed E-state index contributed by atoms with van der Waals surface area (Å²) in [6.07, 6.45) is 1.68. The van der Waals surface area contributed by atoms with Crippen LogP contribution in [0.4, 0.5) is 5.13 Å². The van der Waals surface area contributed by atoms with Gasteiger partial charge in [-0.25, -0.2) is 4.98 Å². The summed E-state index contributed by atoms with van der Waals surface area (Å²) in [4.78, 5) is 3.71. The highest BCUT2D eigenvalue weighted by molar-refractivity contribution is 7.13. The van der Waals surface area contributed by atoms with Gasteiger partial charge in [0, 0.05) is 37.8 Å². The Bertz CT molecular complexity index is 172. The number of nitrogens with two attached hydrogens (primary N) is 1. The van der Waals surface area contributed by atoms with E-state index in [9.17, 15) is 0 Å². The van der Waals surface area contributed by atoms with Crippen molar-refractivity contribution in [1.29, 1.82) is 0 Å². The molecular formula is C7H14N4S. The van der Waals surface area contributed by atoms with Gasteiger partial charge in [0.25, 0.3) is 0 Å². The van der Waals surface area contributed by atoms with Crippen LogP contribution in [0.2, 0.25) is 0 Å². The first-order valence-electron chi connectivity index (χ1n) is 3.96. The molecule has 4 nitrogen and oxygen atoms in total. The Morgan fingerprint density at radius 3 is 2.00 bits per heavy atom. The summed E-state index contributed by atoms with van der Waals surface area (Å²) in [5, 5.41) is 8.92. The fourth-order valence-corrected chi connectivity index (χ4v) is 1.22. The highest BCUT2D eigenvalue weighted by Gasteiger charge is 1.91. The molecule has 0 bridgehead atoms. The van der Waals surface area contributed by atoms with Crippen LogP contribution in [0.5, 0.6) is 0 Å². The van der Waals surface area contributed by atoms with E-state index >= 15 is 0 Å². The van der Waals surface area contributed by atoms with Gasteiger partial charge in [-0.3, -0.25) is 0 Å². The van der Waals surface area contributed by atoms with E-state index in [-0.39, 0.29) is 0 Å². The third-order valence-electron chi connectivity index (χ3n) is 1.41. The minimum Gasteiger partial charge on any atom is -0.375 e. The number of nitrogens with one attached hydrogen (secondary N) is 2. The molecule has 2 rings (SSSR count). The highest BCUT2D eigenvalue weighted by Crippen LogP contribution is 2.02. The maximum absolute atomic E-state index is 5.19. The van der Waals surface area contributed by atoms with E-state index in [0.717, 1.165) is 26.2 Å². The van der Waals surface area contributed by atoms with Gasteiger partial charge in [0.1, 0.15) is 0 Å². The molecule has 1 aliphatic heterocycles. The van der Waals surface area contributed by atoms with Crippen LogP contribution in [0.3, 0.4) is 0 Å². The number of nitrogens with zero attached hydrogens (tertiary/aromatic N) is 1. The third-order valence-corrected chi connectivity index (χ3v) is 2.01. The highest BCUT2D eigenvalue weighted by atomic mass is 32.1. The summed E-state index contributed by atoms with van der Waals surface area (Å²) in [7, 11) is 0. The molecule has 1 aliphatic rings. The van der Waals surface area contributed by atoms with Crippen LogP contribution in [-0.2, 0) is 0 Å². The minimum atomic E-state index is 0.634. The van der Waals surface area contributed by atoms with Gasteiger partial charge in [-0.1, -0.05) is 0 Å². The first-order valence-corrected chi connectivity index (χ1v) is 4.84. The Morgan fingerprint density at radius 2 is 1.83 bits per heavy atom. The van der Waals surface area contributed by atoms with Crippen molar-refractivity contribution in [3.05, 3.63) is 11.6 Å². The quantitative estimate of drug-likeness (QED) is 0.529. The molecule has 0 saturated carbocycles. The number of nitrogen functional groups attached to an aromatic ring is 1. The van der Waals surface area contributed by atoms with Crippen LogP contribution in [0.1, 0.15) is 0 Å². The molecule has 1 fully saturated rings. The van der Waals surface area contributed by atoms with Crippen molar-refractivity contribution in [2.24, 2.45) is 0 Å². The summed E-state index contributed by atoms with van der Waals surface area (Å²) in [6.45, 7) is 4.56. The van der Waals surface area contributed by atoms with Gasteiger partial charge in [0.05, 0.1) is 0 Å². The fraction of sp³-hybridized carbons (Fsp3) is 0.571. The first kappa shape index (κ1) is 9.44. The average molecular weight is 186 g/mol. The van der Waals surface area contributed by atoms with Crippen LogP contribution in [-0.4, -0.2) is 31.2 Å². The summed E-state index contributed by atoms with van der Waals surface area (Å²) in [5.74, 6) is 0. The van der Waals surface area contributed by atoms with Crippen molar-refractivity contribution in [3.8, 4) is 0 Å². The van der Waals surface area contributed by atoms with Crippen molar-refractivity contribution < 1.29 is 0 Å². The van der Waals surface area contributed by atoms with Gasteiger partial charge in [-0.2, -0.15) is 0 Å². The van der Waals surface area contributed by atoms with Crippen molar-refractivity contribution in [2.75, 3.05) is 31.9 Å². The van der Waals surface area contributed by atoms with Crippen LogP contribution in [0.25, 0.3) is 0 Å². The average Bonchev–Trinajstić information content (AvgIpc) is 2.60. The summed E-state index contributed by atoms with van der Waals surface area (Å²) in [6, 6.07) is 0. The SMILES string of the molecule is C1CNCCN1.Nc1nccs1. The predicted molar refractivity (Wildman–Crippen MR) is 52.3 cm³/mol. The lowest BCUT2D eigenvalue weighted by Crippen LogP contribution is -2.39. The Labute approximate surface area is 76.2 Å². The second kappa shape index (κ2) is 5.93. The smallest absolute Gasteiger partial charge is 0.179 e. The Hall–Kier alpha value is -0.650. The Morgan fingerprint density at radius 1 is 1.25 bits per heavy atom. The maximum atomic E-state index is 5.19. The molecule has 0 aliphatic carbocycles. The van der Waals surface area contributed by atoms with E-state index in [2.05, 4.69) is 15.6 Å². The van der Waals surface area contributed by atoms with E-state index in [1.807, 2.05) is 5.38 Å². The molecule has 12 heavy (non-hydrogen) atoms. The number of piperazine rings is 1. The minimum absolute atomic E-state index is 0.634. The number of thiazole rings is 1. The molecule has 5 heteroatoms. The zero-order chi connectivity index (χ0) is 8.65. The Kier molecular flexibility index (Phi) is 4.67. The fourth-order valence-electron chi connectivity index (χ4n) is 0.838. The van der Waals surface area contributed by atoms with Crippen molar-refractivity contribution >= 4 is 16.5 Å². The molecule has 2 heterocycles. The largest absolute Gasteiger partial charge is 0.375 e. The molecule has 1 aromatic heterocycles. The van der Waals surface area contributed by atoms with E-state index in [0.29, 0.717) is 5.13 Å². The van der Waals surface area contributed by atoms with Crippen molar-refractivity contribution in [1.82, 2.24) is 15.6 Å². The monoisotopic (exact) mass is 186 g/mol. The van der Waals surface area contributed by atoms with Crippen LogP contribution < -0.4 is 16.4 Å². The molecular weight excluding hydrogens is 172 g/mol. The molecule has 0 spiro atoms. The van der Waals surface area contributed by atoms with Crippen LogP contribution in [0, 0.1) is 0 Å². The third kappa shape index (κ3) is 4.27. The number of hydrogen-bond donors (Lipinski definition) is 3. The van der Waals surface area contributed by atoms with Crippen LogP contribution in [0.15, 0.2) is 11.6 Å². The maximum Gasteiger partial charge on any atom is 0.179 e. The summed E-state index contributed by atoms with van der Waals surface area (Å²) >= 11 is 1.44. The van der Waals surface area contributed by atoms with Gasteiger partial charge >= 0.3 is 0 Å². The molecule has 0 radical (unpaired) electrons. The number of aromatic nitrogens is 1. The van der Waals surface area contributed by atoms with E-state index in [4.69, 9.17) is 5.73 Å². The van der Waals surface area contributed by atoms with E-state index in [1.165, 1.54) is 11.3 Å². The molecule has 1 saturated heterocycles. The Balaban J connectivity index is 0.000000120. The van der Waals surface area contributed by atoms with Gasteiger partial charge in [0.2, 0.25) is 0 Å². The van der Waals surface area contributed by atoms with E-state index < -0.39 is 0 Å². The normalized spacial score (nSPS) is 16.3. The second-order valence-corrected chi connectivity index (χ2v) is 3.30. The molecule has 1 aromatic rings. The standard InChI is InChI=1S/C4H10N2.C3H4N2S/c1-2-6-4-3-5-1;4-3-5-1-2-6-3/h5-6H,1-4H2;1-2H,(H2,4,5). The van der Waals surface area contributed by atoms with Crippen LogP contribution >= 0.6 is 11.3 Å². The first-order chi connectivity index (χ1) is 5.89. The molecule has 0 unspecified atom stereocenters. The van der Waals surface area contributed by atoms with Gasteiger partial charge in [0.15, 0.2) is 5.13 Å². The molecule has 68 valence electrons. The molecule has 0 atom stereocenters. The molecule has 4 N–H and O–H groups in total. The molecule has 0 aromatic carbocycles. The topological polar surface area (TPSA) is 63.0 Å². The van der Waals surface area contributed by atoms with E-state index in [1.54, 1.807) is 6.20 Å². The van der Waals surface area contributed by atoms with Crippen molar-refractivity contribution in [3.63, 3.8) is 0 Å². The zero-order valence-electron chi connectivity index (χ0n) is 6.92. The predicted octanol–water partition coefficient (Wildman–Crippen LogP) is -0.0955. The number of hydrogen-bond acceptors (Lipinski definition) is 5. The van der Waals surface area contributed by atoms with Gasteiger partial charge < -0.3 is 16.4 Å². The molecule has 0 amide bonds. The lowest BCUT2D eigenvalue weighted by Gasteiger charge is -2.11.